The molecular weight excluding hydrogens is 1310 g/mol. The minimum absolute atomic E-state index is 0.108. The summed E-state index contributed by atoms with van der Waals surface area (Å²) in [5, 5.41) is 10.6. The van der Waals surface area contributed by atoms with E-state index in [1.807, 2.05) is 0 Å². The van der Waals surface area contributed by atoms with Crippen molar-refractivity contribution < 1.29 is 80.2 Å². The Labute approximate surface area is 613 Å². The van der Waals surface area contributed by atoms with Crippen LogP contribution in [0.2, 0.25) is 0 Å². The molecule has 100 heavy (non-hydrogen) atoms. The third-order valence-corrected chi connectivity index (χ3v) is 21.3. The van der Waals surface area contributed by atoms with Crippen molar-refractivity contribution in [1.82, 2.24) is 0 Å². The summed E-state index contributed by atoms with van der Waals surface area (Å²) in [6, 6.07) is 0. The van der Waals surface area contributed by atoms with Gasteiger partial charge in [-0.25, -0.2) is 9.13 Å². The molecule has 594 valence electrons. The average molecular weight is 1470 g/mol. The number of carbonyl (C=O) groups is 4. The molecule has 0 saturated heterocycles. The lowest BCUT2D eigenvalue weighted by molar-refractivity contribution is -0.161. The first-order chi connectivity index (χ1) is 48.6. The molecule has 0 aromatic carbocycles. The first kappa shape index (κ1) is 98.1. The number of carbonyl (C=O) groups excluding carboxylic acids is 4. The van der Waals surface area contributed by atoms with Crippen LogP contribution in [0.3, 0.4) is 0 Å². The maximum absolute atomic E-state index is 13.1. The largest absolute Gasteiger partial charge is 0.472 e. The van der Waals surface area contributed by atoms with E-state index < -0.39 is 97.5 Å². The van der Waals surface area contributed by atoms with E-state index in [9.17, 15) is 43.2 Å². The quantitative estimate of drug-likeness (QED) is 0.0222. The first-order valence-corrected chi connectivity index (χ1v) is 45.2. The Morgan fingerprint density at radius 3 is 0.710 bits per heavy atom. The highest BCUT2D eigenvalue weighted by molar-refractivity contribution is 7.47. The van der Waals surface area contributed by atoms with Gasteiger partial charge in [0.2, 0.25) is 0 Å². The number of unbranched alkanes of at least 4 members (excludes halogenated alkanes) is 52. The molecular formula is C81H158O17P2. The number of ether oxygens (including phenoxy) is 4. The lowest BCUT2D eigenvalue weighted by atomic mass is 9.99. The summed E-state index contributed by atoms with van der Waals surface area (Å²) >= 11 is 0. The third-order valence-electron chi connectivity index (χ3n) is 19.4. The highest BCUT2D eigenvalue weighted by Crippen LogP contribution is 2.45. The molecule has 0 aromatic rings. The van der Waals surface area contributed by atoms with Crippen LogP contribution in [0, 0.1) is 5.92 Å². The monoisotopic (exact) mass is 1470 g/mol. The molecule has 19 heteroatoms. The molecule has 0 rings (SSSR count). The number of phosphoric ester groups is 2. The normalized spacial score (nSPS) is 14.1. The van der Waals surface area contributed by atoms with Crippen molar-refractivity contribution in [2.24, 2.45) is 5.92 Å². The summed E-state index contributed by atoms with van der Waals surface area (Å²) in [4.78, 5) is 73.0. The molecule has 0 aromatic heterocycles. The standard InChI is InChI=1S/C81H158O17P2/c1-6-10-13-16-19-22-25-27-29-30-31-32-33-34-35-37-40-47-52-57-62-67-81(86)98-77(71-92-79(84)65-60-55-50-45-42-41-43-48-53-58-63-74(5)9-4)73-96-100(89,90)94-69-75(82)68-93-99(87,88)95-72-76(70-91-78(83)64-59-54-49-44-38-24-21-18-15-12-8-3)97-80(85)66-61-56-51-46-39-36-28-26-23-20-17-14-11-7-2/h74-77,82H,6-73H2,1-5H3,(H,87,88)(H,89,90)/t74?,75-,76+,77+/m0/s1. The van der Waals surface area contributed by atoms with Crippen LogP contribution >= 0.6 is 15.6 Å². The Morgan fingerprint density at radius 2 is 0.480 bits per heavy atom. The van der Waals surface area contributed by atoms with Gasteiger partial charge in [-0.1, -0.05) is 381 Å². The molecule has 0 spiro atoms. The summed E-state index contributed by atoms with van der Waals surface area (Å²) < 4.78 is 68.7. The third kappa shape index (κ3) is 73.0. The fourth-order valence-corrected chi connectivity index (χ4v) is 14.1. The van der Waals surface area contributed by atoms with Crippen LogP contribution in [0.4, 0.5) is 0 Å². The number of rotatable bonds is 81. The van der Waals surface area contributed by atoms with Gasteiger partial charge in [0.05, 0.1) is 26.4 Å². The van der Waals surface area contributed by atoms with Gasteiger partial charge >= 0.3 is 39.5 Å². The second-order valence-electron chi connectivity index (χ2n) is 29.4. The van der Waals surface area contributed by atoms with Gasteiger partial charge in [-0.05, 0) is 31.6 Å². The Hall–Kier alpha value is -1.94. The van der Waals surface area contributed by atoms with E-state index >= 15 is 0 Å². The summed E-state index contributed by atoms with van der Waals surface area (Å²) in [5.41, 5.74) is 0. The SMILES string of the molecule is CCCCCCCCCCCCCCCCCCCCCCCC(=O)O[C@H](COC(=O)CCCCCCCCCCCCC(C)CC)COP(=O)(O)OC[C@@H](O)COP(=O)(O)OC[C@@H](COC(=O)CCCCCCCCCCCCC)OC(=O)CCCCCCCCCCCCCCCC. The van der Waals surface area contributed by atoms with E-state index in [1.165, 1.54) is 257 Å². The fraction of sp³-hybridized carbons (Fsp3) is 0.951. The van der Waals surface area contributed by atoms with Crippen molar-refractivity contribution in [3.63, 3.8) is 0 Å². The van der Waals surface area contributed by atoms with Gasteiger partial charge in [0.25, 0.3) is 0 Å². The van der Waals surface area contributed by atoms with E-state index in [1.54, 1.807) is 0 Å². The molecule has 0 amide bonds. The molecule has 6 atom stereocenters. The van der Waals surface area contributed by atoms with Crippen molar-refractivity contribution >= 4 is 39.5 Å². The molecule has 17 nitrogen and oxygen atoms in total. The van der Waals surface area contributed by atoms with Crippen molar-refractivity contribution in [3.05, 3.63) is 0 Å². The van der Waals surface area contributed by atoms with Gasteiger partial charge in [0, 0.05) is 25.7 Å². The van der Waals surface area contributed by atoms with Crippen LogP contribution < -0.4 is 0 Å². The van der Waals surface area contributed by atoms with Gasteiger partial charge in [0.15, 0.2) is 12.2 Å². The lowest BCUT2D eigenvalue weighted by Gasteiger charge is -2.21. The van der Waals surface area contributed by atoms with Crippen molar-refractivity contribution in [3.8, 4) is 0 Å². The number of hydrogen-bond donors (Lipinski definition) is 3. The fourth-order valence-electron chi connectivity index (χ4n) is 12.6. The van der Waals surface area contributed by atoms with Gasteiger partial charge < -0.3 is 33.8 Å². The summed E-state index contributed by atoms with van der Waals surface area (Å²) in [6.45, 7) is 7.36. The lowest BCUT2D eigenvalue weighted by Crippen LogP contribution is -2.30. The predicted molar refractivity (Wildman–Crippen MR) is 409 cm³/mol. The summed E-state index contributed by atoms with van der Waals surface area (Å²) in [7, 11) is -9.92. The van der Waals surface area contributed by atoms with Crippen LogP contribution in [0.5, 0.6) is 0 Å². The number of esters is 4. The molecule has 0 bridgehead atoms. The van der Waals surface area contributed by atoms with Crippen LogP contribution in [-0.2, 0) is 65.4 Å². The molecule has 0 saturated carbocycles. The minimum atomic E-state index is -4.96. The van der Waals surface area contributed by atoms with E-state index in [4.69, 9.17) is 37.0 Å². The second-order valence-corrected chi connectivity index (χ2v) is 32.3. The summed E-state index contributed by atoms with van der Waals surface area (Å²) in [5.74, 6) is -1.30. The van der Waals surface area contributed by atoms with E-state index in [0.717, 1.165) is 95.8 Å². The molecule has 0 aliphatic rings. The molecule has 0 heterocycles. The molecule has 0 fully saturated rings. The zero-order valence-corrected chi connectivity index (χ0v) is 67.1. The maximum atomic E-state index is 13.1. The highest BCUT2D eigenvalue weighted by Gasteiger charge is 2.30. The summed E-state index contributed by atoms with van der Waals surface area (Å²) in [6.07, 6.45) is 65.1. The number of aliphatic hydroxyl groups is 1. The van der Waals surface area contributed by atoms with Gasteiger partial charge in [0.1, 0.15) is 19.3 Å². The average Bonchev–Trinajstić information content (AvgIpc) is 0.948. The Bertz CT molecular complexity index is 1910. The molecule has 0 radical (unpaired) electrons. The van der Waals surface area contributed by atoms with Gasteiger partial charge in [-0.2, -0.15) is 0 Å². The van der Waals surface area contributed by atoms with Gasteiger partial charge in [-0.15, -0.1) is 0 Å². The first-order valence-electron chi connectivity index (χ1n) is 42.2. The van der Waals surface area contributed by atoms with Crippen LogP contribution in [0.25, 0.3) is 0 Å². The number of hydrogen-bond acceptors (Lipinski definition) is 15. The van der Waals surface area contributed by atoms with Crippen molar-refractivity contribution in [2.45, 2.75) is 451 Å². The van der Waals surface area contributed by atoms with E-state index in [-0.39, 0.29) is 25.7 Å². The smallest absolute Gasteiger partial charge is 0.462 e. The molecule has 0 aliphatic carbocycles. The molecule has 0 aliphatic heterocycles. The van der Waals surface area contributed by atoms with E-state index in [0.29, 0.717) is 25.7 Å². The van der Waals surface area contributed by atoms with Crippen LogP contribution in [0.15, 0.2) is 0 Å². The van der Waals surface area contributed by atoms with Crippen LogP contribution in [-0.4, -0.2) is 96.7 Å². The zero-order valence-electron chi connectivity index (χ0n) is 65.3. The van der Waals surface area contributed by atoms with Crippen LogP contribution in [0.1, 0.15) is 433 Å². The maximum Gasteiger partial charge on any atom is 0.472 e. The van der Waals surface area contributed by atoms with Crippen molar-refractivity contribution in [2.75, 3.05) is 39.6 Å². The highest BCUT2D eigenvalue weighted by atomic mass is 31.2. The molecule has 3 unspecified atom stereocenters. The minimum Gasteiger partial charge on any atom is -0.462 e. The Kier molecular flexibility index (Phi) is 72.5. The Balaban J connectivity index is 5.22. The predicted octanol–water partition coefficient (Wildman–Crippen LogP) is 24.4. The second kappa shape index (κ2) is 73.9. The number of aliphatic hydroxyl groups excluding tert-OH is 1. The Morgan fingerprint density at radius 1 is 0.280 bits per heavy atom. The topological polar surface area (TPSA) is 237 Å². The number of phosphoric acid groups is 2. The molecule has 3 N–H and O–H groups in total. The zero-order chi connectivity index (χ0) is 73.4. The van der Waals surface area contributed by atoms with Crippen molar-refractivity contribution in [1.29, 1.82) is 0 Å². The van der Waals surface area contributed by atoms with E-state index in [2.05, 4.69) is 34.6 Å². The van der Waals surface area contributed by atoms with Gasteiger partial charge in [-0.3, -0.25) is 37.3 Å².